The molecule has 0 bridgehead atoms. The summed E-state index contributed by atoms with van der Waals surface area (Å²) in [7, 11) is 4.60. The van der Waals surface area contributed by atoms with E-state index in [2.05, 4.69) is 10.3 Å². The molecule has 0 radical (unpaired) electrons. The van der Waals surface area contributed by atoms with E-state index in [0.717, 1.165) is 5.56 Å². The molecule has 33 heavy (non-hydrogen) atoms. The van der Waals surface area contributed by atoms with Crippen LogP contribution in [0.5, 0.6) is 17.2 Å². The van der Waals surface area contributed by atoms with Crippen molar-refractivity contribution >= 4 is 17.4 Å². The molecular weight excluding hydrogens is 424 g/mol. The molecule has 2 N–H and O–H groups in total. The second-order valence-electron chi connectivity index (χ2n) is 7.70. The van der Waals surface area contributed by atoms with Gasteiger partial charge in [0.05, 0.1) is 27.0 Å². The number of hydrogen-bond donors (Lipinski definition) is 2. The molecule has 0 fully saturated rings. The zero-order chi connectivity index (χ0) is 23.5. The van der Waals surface area contributed by atoms with Gasteiger partial charge in [0.2, 0.25) is 0 Å². The van der Waals surface area contributed by atoms with Crippen LogP contribution in [0.15, 0.2) is 53.3 Å². The number of nitrogens with one attached hydrogen (secondary N) is 2. The van der Waals surface area contributed by atoms with E-state index in [1.54, 1.807) is 44.6 Å². The Balaban J connectivity index is 1.62. The number of anilines is 1. The van der Waals surface area contributed by atoms with Gasteiger partial charge in [0.1, 0.15) is 11.3 Å². The first-order valence-corrected chi connectivity index (χ1v) is 10.4. The molecule has 4 rings (SSSR count). The van der Waals surface area contributed by atoms with Gasteiger partial charge >= 0.3 is 0 Å². The molecule has 0 aliphatic heterocycles. The largest absolute Gasteiger partial charge is 0.495 e. The van der Waals surface area contributed by atoms with Crippen LogP contribution in [0, 0.1) is 0 Å². The Bertz CT molecular complexity index is 1280. The Kier molecular flexibility index (Phi) is 6.17. The number of aromatic amines is 1. The molecule has 1 amide bonds. The van der Waals surface area contributed by atoms with Crippen molar-refractivity contribution in [2.24, 2.45) is 0 Å². The van der Waals surface area contributed by atoms with Crippen molar-refractivity contribution in [3.8, 4) is 17.2 Å². The molecule has 2 aromatic carbocycles. The van der Waals surface area contributed by atoms with Crippen molar-refractivity contribution in [3.63, 3.8) is 0 Å². The Labute approximate surface area is 190 Å². The van der Waals surface area contributed by atoms with Crippen LogP contribution in [-0.4, -0.2) is 38.0 Å². The summed E-state index contributed by atoms with van der Waals surface area (Å²) < 4.78 is 15.9. The third-order valence-corrected chi connectivity index (χ3v) is 5.78. The molecule has 1 unspecified atom stereocenters. The monoisotopic (exact) mass is 448 g/mol. The minimum Gasteiger partial charge on any atom is -0.495 e. The molecule has 170 valence electrons. The number of ether oxygens (including phenoxy) is 3. The Hall–Kier alpha value is -4.07. The molecule has 1 aliphatic carbocycles. The smallest absolute Gasteiger partial charge is 0.261 e. The van der Waals surface area contributed by atoms with E-state index in [4.69, 9.17) is 14.2 Å². The number of amides is 1. The molecule has 0 spiro atoms. The number of aromatic nitrogens is 1. The van der Waals surface area contributed by atoms with Crippen molar-refractivity contribution < 1.29 is 23.8 Å². The number of benzene rings is 2. The van der Waals surface area contributed by atoms with Crippen molar-refractivity contribution in [2.45, 2.75) is 18.8 Å². The third-order valence-electron chi connectivity index (χ3n) is 5.78. The number of carbonyl (C=O) groups excluding carboxylic acids is 2. The number of carbonyl (C=O) groups is 2. The topological polar surface area (TPSA) is 107 Å². The Morgan fingerprint density at radius 3 is 2.36 bits per heavy atom. The maximum absolute atomic E-state index is 13.0. The average Bonchev–Trinajstić information content (AvgIpc) is 2.83. The van der Waals surface area contributed by atoms with Crippen LogP contribution >= 0.6 is 0 Å². The summed E-state index contributed by atoms with van der Waals surface area (Å²) in [5, 5.41) is 2.68. The van der Waals surface area contributed by atoms with Gasteiger partial charge in [-0.05, 0) is 48.2 Å². The second kappa shape index (κ2) is 9.20. The molecule has 0 saturated carbocycles. The number of methoxy groups -OCH3 is 3. The minimum atomic E-state index is -0.613. The Morgan fingerprint density at radius 1 is 0.909 bits per heavy atom. The SMILES string of the molecule is COc1ccccc1NC(=O)c1cc2c([nH]c1=O)CC(c1ccc(OC)c(OC)c1)CC2=O. The van der Waals surface area contributed by atoms with Gasteiger partial charge < -0.3 is 24.5 Å². The quantitative estimate of drug-likeness (QED) is 0.597. The lowest BCUT2D eigenvalue weighted by atomic mass is 9.81. The summed E-state index contributed by atoms with van der Waals surface area (Å²) in [6.45, 7) is 0. The summed E-state index contributed by atoms with van der Waals surface area (Å²) in [4.78, 5) is 41.2. The van der Waals surface area contributed by atoms with Crippen LogP contribution in [0.3, 0.4) is 0 Å². The van der Waals surface area contributed by atoms with Crippen LogP contribution in [0.1, 0.15) is 44.3 Å². The fourth-order valence-electron chi connectivity index (χ4n) is 4.08. The lowest BCUT2D eigenvalue weighted by Gasteiger charge is -2.24. The van der Waals surface area contributed by atoms with Gasteiger partial charge in [-0.2, -0.15) is 0 Å². The fraction of sp³-hybridized carbons (Fsp3) is 0.240. The average molecular weight is 448 g/mol. The zero-order valence-electron chi connectivity index (χ0n) is 18.6. The van der Waals surface area contributed by atoms with Gasteiger partial charge in [0.15, 0.2) is 17.3 Å². The minimum absolute atomic E-state index is 0.127. The summed E-state index contributed by atoms with van der Waals surface area (Å²) >= 11 is 0. The van der Waals surface area contributed by atoms with Crippen LogP contribution in [0.4, 0.5) is 5.69 Å². The molecule has 0 saturated heterocycles. The molecule has 1 heterocycles. The lowest BCUT2D eigenvalue weighted by molar-refractivity contribution is 0.0963. The van der Waals surface area contributed by atoms with E-state index in [9.17, 15) is 14.4 Å². The van der Waals surface area contributed by atoms with E-state index in [1.165, 1.54) is 13.2 Å². The molecule has 1 atom stereocenters. The van der Waals surface area contributed by atoms with E-state index >= 15 is 0 Å². The van der Waals surface area contributed by atoms with E-state index in [0.29, 0.717) is 40.6 Å². The van der Waals surface area contributed by atoms with Gasteiger partial charge in [-0.3, -0.25) is 14.4 Å². The van der Waals surface area contributed by atoms with Gasteiger partial charge in [-0.1, -0.05) is 18.2 Å². The number of para-hydroxylation sites is 2. The summed E-state index contributed by atoms with van der Waals surface area (Å²) in [5.41, 5.74) is 1.54. The molecule has 1 aromatic heterocycles. The van der Waals surface area contributed by atoms with Gasteiger partial charge in [0, 0.05) is 17.7 Å². The molecule has 8 nitrogen and oxygen atoms in total. The van der Waals surface area contributed by atoms with E-state index < -0.39 is 11.5 Å². The first-order chi connectivity index (χ1) is 15.9. The summed E-state index contributed by atoms with van der Waals surface area (Å²) in [6, 6.07) is 13.8. The van der Waals surface area contributed by atoms with Gasteiger partial charge in [0.25, 0.3) is 11.5 Å². The molecule has 3 aromatic rings. The van der Waals surface area contributed by atoms with Crippen molar-refractivity contribution in [2.75, 3.05) is 26.6 Å². The van der Waals surface area contributed by atoms with E-state index in [-0.39, 0.29) is 23.7 Å². The highest BCUT2D eigenvalue weighted by Crippen LogP contribution is 2.36. The van der Waals surface area contributed by atoms with Gasteiger partial charge in [-0.25, -0.2) is 0 Å². The molecular formula is C25H24N2O6. The Morgan fingerprint density at radius 2 is 1.64 bits per heavy atom. The maximum atomic E-state index is 13.0. The number of ketones is 1. The summed E-state index contributed by atoms with van der Waals surface area (Å²) in [6.07, 6.45) is 0.711. The predicted octanol–water partition coefficient (Wildman–Crippen LogP) is 3.57. The fourth-order valence-corrected chi connectivity index (χ4v) is 4.08. The number of hydrogen-bond acceptors (Lipinski definition) is 6. The number of H-pyrrole nitrogens is 1. The van der Waals surface area contributed by atoms with Crippen molar-refractivity contribution in [1.82, 2.24) is 4.98 Å². The zero-order valence-corrected chi connectivity index (χ0v) is 18.6. The third kappa shape index (κ3) is 4.32. The maximum Gasteiger partial charge on any atom is 0.261 e. The lowest BCUT2D eigenvalue weighted by Crippen LogP contribution is -2.29. The molecule has 8 heteroatoms. The van der Waals surface area contributed by atoms with E-state index in [1.807, 2.05) is 12.1 Å². The number of Topliss-reactive ketones (excluding diaryl/α,β-unsaturated/α-hetero) is 1. The van der Waals surface area contributed by atoms with Crippen molar-refractivity contribution in [1.29, 1.82) is 0 Å². The first-order valence-electron chi connectivity index (χ1n) is 10.4. The standard InChI is InChI=1S/C25H24N2O6/c1-31-21-7-5-4-6-18(21)26-24(29)17-13-16-19(27-25(17)30)10-15(11-20(16)28)14-8-9-22(32-2)23(12-14)33-3/h4-9,12-13,15H,10-11H2,1-3H3,(H,26,29)(H,27,30). The first kappa shape index (κ1) is 22.1. The normalized spacial score (nSPS) is 14.9. The van der Waals surface area contributed by atoms with Crippen LogP contribution in [0.2, 0.25) is 0 Å². The molecule has 1 aliphatic rings. The van der Waals surface area contributed by atoms with Crippen LogP contribution < -0.4 is 25.1 Å². The van der Waals surface area contributed by atoms with Crippen molar-refractivity contribution in [3.05, 3.63) is 81.3 Å². The number of fused-ring (bicyclic) bond motifs is 1. The highest BCUT2D eigenvalue weighted by molar-refractivity contribution is 6.07. The van der Waals surface area contributed by atoms with Crippen LogP contribution in [0.25, 0.3) is 0 Å². The highest BCUT2D eigenvalue weighted by atomic mass is 16.5. The number of pyridine rings is 1. The predicted molar refractivity (Wildman–Crippen MR) is 123 cm³/mol. The highest BCUT2D eigenvalue weighted by Gasteiger charge is 2.29. The number of rotatable bonds is 6. The van der Waals surface area contributed by atoms with Crippen LogP contribution in [-0.2, 0) is 6.42 Å². The van der Waals surface area contributed by atoms with Gasteiger partial charge in [-0.15, -0.1) is 0 Å². The summed E-state index contributed by atoms with van der Waals surface area (Å²) in [5.74, 6) is 0.757. The second-order valence-corrected chi connectivity index (χ2v) is 7.70.